The molecule has 0 unspecified atom stereocenters. The van der Waals surface area contributed by atoms with Crippen LogP contribution in [0.25, 0.3) is 0 Å². The van der Waals surface area contributed by atoms with Gasteiger partial charge in [-0.3, -0.25) is 0 Å². The molecule has 0 amide bonds. The Labute approximate surface area is 107 Å². The van der Waals surface area contributed by atoms with Gasteiger partial charge in [0.15, 0.2) is 6.61 Å². The zero-order valence-corrected chi connectivity index (χ0v) is 11.2. The van der Waals surface area contributed by atoms with E-state index in [1.54, 1.807) is 6.92 Å². The molecule has 2 rings (SSSR count). The number of aryl methyl sites for hydroxylation is 1. The lowest BCUT2D eigenvalue weighted by molar-refractivity contribution is 0.260. The molecule has 0 N–H and O–H groups in total. The van der Waals surface area contributed by atoms with E-state index < -0.39 is 0 Å². The summed E-state index contributed by atoms with van der Waals surface area (Å²) in [6, 6.07) is 8.07. The van der Waals surface area contributed by atoms with Gasteiger partial charge in [-0.2, -0.15) is 0 Å². The maximum atomic E-state index is 5.64. The van der Waals surface area contributed by atoms with Crippen LogP contribution in [0.4, 0.5) is 0 Å². The highest BCUT2D eigenvalue weighted by molar-refractivity contribution is 5.32. The van der Waals surface area contributed by atoms with Crippen molar-refractivity contribution >= 4 is 0 Å². The van der Waals surface area contributed by atoms with E-state index in [1.165, 1.54) is 5.56 Å². The quantitative estimate of drug-likeness (QED) is 0.834. The van der Waals surface area contributed by atoms with Crippen molar-refractivity contribution in [3.05, 3.63) is 41.6 Å². The van der Waals surface area contributed by atoms with Crippen molar-refractivity contribution in [3.8, 4) is 5.75 Å². The number of ether oxygens (including phenoxy) is 1. The standard InChI is InChI=1S/C14H18N2O2/c1-10-15-16-13(18-10)9-17-12-7-5-6-11(8-12)14(2,3)4/h5-8H,9H2,1-4H3. The Morgan fingerprint density at radius 1 is 1.22 bits per heavy atom. The second kappa shape index (κ2) is 4.80. The van der Waals surface area contributed by atoms with Gasteiger partial charge in [-0.05, 0) is 23.1 Å². The van der Waals surface area contributed by atoms with Crippen LogP contribution < -0.4 is 4.74 Å². The third-order valence-electron chi connectivity index (χ3n) is 2.63. The lowest BCUT2D eigenvalue weighted by atomic mass is 9.87. The van der Waals surface area contributed by atoms with Gasteiger partial charge in [0.05, 0.1) is 0 Å². The van der Waals surface area contributed by atoms with Gasteiger partial charge >= 0.3 is 0 Å². The summed E-state index contributed by atoms with van der Waals surface area (Å²) in [4.78, 5) is 0. The normalized spacial score (nSPS) is 11.6. The predicted molar refractivity (Wildman–Crippen MR) is 68.5 cm³/mol. The van der Waals surface area contributed by atoms with Crippen LogP contribution in [-0.2, 0) is 12.0 Å². The highest BCUT2D eigenvalue weighted by Gasteiger charge is 2.14. The molecule has 4 heteroatoms. The van der Waals surface area contributed by atoms with Gasteiger partial charge in [0.25, 0.3) is 5.89 Å². The van der Waals surface area contributed by atoms with Crippen molar-refractivity contribution in [3.63, 3.8) is 0 Å². The summed E-state index contributed by atoms with van der Waals surface area (Å²) < 4.78 is 10.9. The first-order valence-corrected chi connectivity index (χ1v) is 5.97. The average molecular weight is 246 g/mol. The van der Waals surface area contributed by atoms with Gasteiger partial charge in [-0.1, -0.05) is 32.9 Å². The number of hydrogen-bond donors (Lipinski definition) is 0. The molecule has 1 heterocycles. The Morgan fingerprint density at radius 3 is 2.61 bits per heavy atom. The first kappa shape index (κ1) is 12.6. The van der Waals surface area contributed by atoms with Crippen molar-refractivity contribution in [2.75, 3.05) is 0 Å². The molecule has 1 aromatic carbocycles. The summed E-state index contributed by atoms with van der Waals surface area (Å²) in [5, 5.41) is 7.65. The van der Waals surface area contributed by atoms with Crippen LogP contribution in [0.3, 0.4) is 0 Å². The Hall–Kier alpha value is -1.84. The number of hydrogen-bond acceptors (Lipinski definition) is 4. The van der Waals surface area contributed by atoms with Crippen LogP contribution in [0.5, 0.6) is 5.75 Å². The number of nitrogens with zero attached hydrogens (tertiary/aromatic N) is 2. The summed E-state index contributed by atoms with van der Waals surface area (Å²) in [6.45, 7) is 8.58. The summed E-state index contributed by atoms with van der Waals surface area (Å²) in [7, 11) is 0. The Morgan fingerprint density at radius 2 is 2.00 bits per heavy atom. The van der Waals surface area contributed by atoms with Crippen molar-refractivity contribution in [2.45, 2.75) is 39.7 Å². The molecule has 4 nitrogen and oxygen atoms in total. The third-order valence-corrected chi connectivity index (χ3v) is 2.63. The van der Waals surface area contributed by atoms with E-state index in [2.05, 4.69) is 37.0 Å². The molecular weight excluding hydrogens is 228 g/mol. The maximum Gasteiger partial charge on any atom is 0.253 e. The van der Waals surface area contributed by atoms with Gasteiger partial charge in [-0.15, -0.1) is 10.2 Å². The van der Waals surface area contributed by atoms with Crippen LogP contribution in [0.1, 0.15) is 38.1 Å². The summed E-state index contributed by atoms with van der Waals surface area (Å²) >= 11 is 0. The first-order valence-electron chi connectivity index (χ1n) is 5.97. The van der Waals surface area contributed by atoms with E-state index >= 15 is 0 Å². The molecule has 0 saturated heterocycles. The van der Waals surface area contributed by atoms with Crippen molar-refractivity contribution in [2.24, 2.45) is 0 Å². The average Bonchev–Trinajstić information content (AvgIpc) is 2.72. The summed E-state index contributed by atoms with van der Waals surface area (Å²) in [5.74, 6) is 1.86. The fraction of sp³-hybridized carbons (Fsp3) is 0.429. The lowest BCUT2D eigenvalue weighted by Crippen LogP contribution is -2.11. The van der Waals surface area contributed by atoms with Gasteiger partial charge in [0.2, 0.25) is 5.89 Å². The van der Waals surface area contributed by atoms with Crippen molar-refractivity contribution in [1.82, 2.24) is 10.2 Å². The molecule has 96 valence electrons. The molecular formula is C14H18N2O2. The minimum absolute atomic E-state index is 0.112. The van der Waals surface area contributed by atoms with Gasteiger partial charge in [0.1, 0.15) is 5.75 Å². The molecule has 0 aliphatic heterocycles. The van der Waals surface area contributed by atoms with E-state index in [1.807, 2.05) is 18.2 Å². The molecule has 0 bridgehead atoms. The monoisotopic (exact) mass is 246 g/mol. The van der Waals surface area contributed by atoms with Gasteiger partial charge in [0, 0.05) is 6.92 Å². The second-order valence-electron chi connectivity index (χ2n) is 5.28. The molecule has 0 atom stereocenters. The summed E-state index contributed by atoms with van der Waals surface area (Å²) in [6.07, 6.45) is 0. The fourth-order valence-electron chi connectivity index (χ4n) is 1.59. The highest BCUT2D eigenvalue weighted by atomic mass is 16.5. The number of rotatable bonds is 3. The minimum atomic E-state index is 0.112. The largest absolute Gasteiger partial charge is 0.484 e. The SMILES string of the molecule is Cc1nnc(COc2cccc(C(C)(C)C)c2)o1. The van der Waals surface area contributed by atoms with Crippen LogP contribution in [0.15, 0.2) is 28.7 Å². The van der Waals surface area contributed by atoms with Gasteiger partial charge in [-0.25, -0.2) is 0 Å². The molecule has 0 fully saturated rings. The van der Waals surface area contributed by atoms with Gasteiger partial charge < -0.3 is 9.15 Å². The molecule has 1 aromatic heterocycles. The molecule has 0 radical (unpaired) electrons. The maximum absolute atomic E-state index is 5.64. The van der Waals surface area contributed by atoms with Crippen molar-refractivity contribution < 1.29 is 9.15 Å². The minimum Gasteiger partial charge on any atom is -0.484 e. The van der Waals surface area contributed by atoms with Crippen LogP contribution in [0, 0.1) is 6.92 Å². The molecule has 0 aliphatic rings. The second-order valence-corrected chi connectivity index (χ2v) is 5.28. The number of aromatic nitrogens is 2. The van der Waals surface area contributed by atoms with Crippen molar-refractivity contribution in [1.29, 1.82) is 0 Å². The Bertz CT molecular complexity index is 527. The zero-order chi connectivity index (χ0) is 13.2. The van der Waals surface area contributed by atoms with E-state index in [0.29, 0.717) is 18.4 Å². The van der Waals surface area contributed by atoms with E-state index in [-0.39, 0.29) is 5.41 Å². The Kier molecular flexibility index (Phi) is 3.36. The van der Waals surface area contributed by atoms with E-state index in [9.17, 15) is 0 Å². The number of benzene rings is 1. The van der Waals surface area contributed by atoms with Crippen LogP contribution >= 0.6 is 0 Å². The summed E-state index contributed by atoms with van der Waals surface area (Å²) in [5.41, 5.74) is 1.35. The molecule has 18 heavy (non-hydrogen) atoms. The topological polar surface area (TPSA) is 48.2 Å². The molecule has 0 aliphatic carbocycles. The highest BCUT2D eigenvalue weighted by Crippen LogP contribution is 2.25. The fourth-order valence-corrected chi connectivity index (χ4v) is 1.59. The van der Waals surface area contributed by atoms with E-state index in [4.69, 9.17) is 9.15 Å². The zero-order valence-electron chi connectivity index (χ0n) is 11.2. The molecule has 0 spiro atoms. The van der Waals surface area contributed by atoms with E-state index in [0.717, 1.165) is 5.75 Å². The third kappa shape index (κ3) is 3.09. The predicted octanol–water partition coefficient (Wildman–Crippen LogP) is 3.25. The molecule has 0 saturated carbocycles. The Balaban J connectivity index is 2.06. The smallest absolute Gasteiger partial charge is 0.253 e. The van der Waals surface area contributed by atoms with Crippen LogP contribution in [0.2, 0.25) is 0 Å². The molecule has 2 aromatic rings. The first-order chi connectivity index (χ1) is 8.45. The van der Waals surface area contributed by atoms with Crippen LogP contribution in [-0.4, -0.2) is 10.2 Å². The lowest BCUT2D eigenvalue weighted by Gasteiger charge is -2.19.